The molecule has 2 heteroatoms. The number of rotatable bonds is 0. The first-order valence-electron chi connectivity index (χ1n) is 6.29. The minimum atomic E-state index is 0.147. The summed E-state index contributed by atoms with van der Waals surface area (Å²) in [5.74, 6) is 0.769. The topological polar surface area (TPSA) is 12.5 Å². The van der Waals surface area contributed by atoms with Crippen LogP contribution in [0.3, 0.4) is 0 Å². The molecule has 0 spiro atoms. The lowest BCUT2D eigenvalue weighted by Crippen LogP contribution is -2.27. The highest BCUT2D eigenvalue weighted by molar-refractivity contribution is 5.28. The molecule has 0 unspecified atom stereocenters. The van der Waals surface area contributed by atoms with Gasteiger partial charge in [-0.25, -0.2) is 0 Å². The van der Waals surface area contributed by atoms with Gasteiger partial charge in [-0.1, -0.05) is 41.5 Å². The van der Waals surface area contributed by atoms with Crippen molar-refractivity contribution in [3.8, 4) is 0 Å². The fourth-order valence-corrected chi connectivity index (χ4v) is 2.13. The van der Waals surface area contributed by atoms with Gasteiger partial charge >= 0.3 is 0 Å². The minimum Gasteiger partial charge on any atom is -0.475 e. The Bertz CT molecular complexity index is 339. The predicted molar refractivity (Wildman–Crippen MR) is 73.7 cm³/mol. The van der Waals surface area contributed by atoms with E-state index in [0.29, 0.717) is 6.61 Å². The first-order valence-corrected chi connectivity index (χ1v) is 6.29. The van der Waals surface area contributed by atoms with Gasteiger partial charge in [0, 0.05) is 13.6 Å². The van der Waals surface area contributed by atoms with E-state index < -0.39 is 0 Å². The molecule has 1 rings (SSSR count). The fourth-order valence-electron chi connectivity index (χ4n) is 2.13. The van der Waals surface area contributed by atoms with E-state index in [0.717, 1.165) is 12.4 Å². The van der Waals surface area contributed by atoms with Gasteiger partial charge < -0.3 is 9.64 Å². The summed E-state index contributed by atoms with van der Waals surface area (Å²) < 4.78 is 5.75. The van der Waals surface area contributed by atoms with Crippen LogP contribution in [-0.2, 0) is 4.74 Å². The third-order valence-electron chi connectivity index (χ3n) is 3.38. The van der Waals surface area contributed by atoms with E-state index in [4.69, 9.17) is 4.74 Å². The first kappa shape index (κ1) is 14.1. The number of nitrogens with zero attached hydrogens (tertiary/aromatic N) is 1. The molecule has 0 aromatic heterocycles. The molecular weight excluding hydrogens is 210 g/mol. The summed E-state index contributed by atoms with van der Waals surface area (Å²) in [7, 11) is 2.04. The van der Waals surface area contributed by atoms with Crippen LogP contribution in [0.15, 0.2) is 23.6 Å². The second kappa shape index (κ2) is 4.40. The molecule has 0 radical (unpaired) electrons. The van der Waals surface area contributed by atoms with Crippen LogP contribution >= 0.6 is 0 Å². The van der Waals surface area contributed by atoms with Gasteiger partial charge in [-0.2, -0.15) is 0 Å². The highest BCUT2D eigenvalue weighted by Gasteiger charge is 2.31. The van der Waals surface area contributed by atoms with E-state index in [1.54, 1.807) is 0 Å². The molecule has 0 saturated carbocycles. The molecule has 0 atom stereocenters. The molecule has 0 amide bonds. The lowest BCUT2D eigenvalue weighted by Gasteiger charge is -2.32. The highest BCUT2D eigenvalue weighted by atomic mass is 16.5. The molecule has 0 fully saturated rings. The third-order valence-corrected chi connectivity index (χ3v) is 3.38. The Morgan fingerprint density at radius 1 is 1.00 bits per heavy atom. The van der Waals surface area contributed by atoms with Gasteiger partial charge in [0.2, 0.25) is 0 Å². The van der Waals surface area contributed by atoms with E-state index in [-0.39, 0.29) is 10.8 Å². The first-order chi connectivity index (χ1) is 7.53. The molecule has 0 aromatic carbocycles. The van der Waals surface area contributed by atoms with Crippen molar-refractivity contribution in [3.63, 3.8) is 0 Å². The monoisotopic (exact) mass is 237 g/mol. The molecule has 0 bridgehead atoms. The highest BCUT2D eigenvalue weighted by Crippen LogP contribution is 2.38. The summed E-state index contributed by atoms with van der Waals surface area (Å²) in [5.41, 5.74) is 3.21. The normalized spacial score (nSPS) is 19.2. The van der Waals surface area contributed by atoms with Gasteiger partial charge in [0.25, 0.3) is 0 Å². The number of hydrogen-bond acceptors (Lipinski definition) is 2. The van der Waals surface area contributed by atoms with Crippen molar-refractivity contribution in [1.82, 2.24) is 4.90 Å². The largest absolute Gasteiger partial charge is 0.475 e. The molecule has 0 aliphatic carbocycles. The van der Waals surface area contributed by atoms with Crippen LogP contribution in [0, 0.1) is 10.8 Å². The summed E-state index contributed by atoms with van der Waals surface area (Å²) in [6, 6.07) is 0. The van der Waals surface area contributed by atoms with Crippen molar-refractivity contribution in [2.75, 3.05) is 20.2 Å². The summed E-state index contributed by atoms with van der Waals surface area (Å²) in [6.07, 6.45) is 0. The number of hydrogen-bond donors (Lipinski definition) is 0. The van der Waals surface area contributed by atoms with E-state index in [1.165, 1.54) is 11.1 Å². The SMILES string of the molecule is C=C1OCC(C(C)(C)C)=C(C(C)(C)C)CN1C. The van der Waals surface area contributed by atoms with Gasteiger partial charge in [0.1, 0.15) is 6.61 Å². The zero-order valence-corrected chi connectivity index (χ0v) is 12.5. The van der Waals surface area contributed by atoms with Crippen LogP contribution in [0.4, 0.5) is 0 Å². The van der Waals surface area contributed by atoms with Crippen molar-refractivity contribution in [1.29, 1.82) is 0 Å². The van der Waals surface area contributed by atoms with Crippen molar-refractivity contribution in [3.05, 3.63) is 23.6 Å². The summed E-state index contributed by atoms with van der Waals surface area (Å²) >= 11 is 0. The number of likely N-dealkylation sites (N-methyl/N-ethyl adjacent to an activating group) is 1. The van der Waals surface area contributed by atoms with E-state index in [9.17, 15) is 0 Å². The second-order valence-electron chi connectivity index (χ2n) is 7.00. The van der Waals surface area contributed by atoms with E-state index in [1.807, 2.05) is 7.05 Å². The zero-order valence-electron chi connectivity index (χ0n) is 12.5. The third kappa shape index (κ3) is 3.27. The van der Waals surface area contributed by atoms with Crippen LogP contribution in [-0.4, -0.2) is 25.1 Å². The Morgan fingerprint density at radius 3 is 1.88 bits per heavy atom. The van der Waals surface area contributed by atoms with Gasteiger partial charge in [-0.3, -0.25) is 0 Å². The average Bonchev–Trinajstić information content (AvgIpc) is 2.25. The summed E-state index contributed by atoms with van der Waals surface area (Å²) in [5, 5.41) is 0. The molecule has 98 valence electrons. The molecule has 1 aliphatic rings. The Morgan fingerprint density at radius 2 is 1.47 bits per heavy atom. The van der Waals surface area contributed by atoms with E-state index >= 15 is 0 Å². The van der Waals surface area contributed by atoms with Crippen molar-refractivity contribution in [2.24, 2.45) is 10.8 Å². The van der Waals surface area contributed by atoms with Crippen LogP contribution < -0.4 is 0 Å². The predicted octanol–water partition coefficient (Wildman–Crippen LogP) is 3.81. The van der Waals surface area contributed by atoms with E-state index in [2.05, 4.69) is 53.0 Å². The standard InChI is InChI=1S/C15H27NO/c1-11-16(8)9-12(14(2,3)4)13(10-17-11)15(5,6)7/h1,9-10H2,2-8H3. The molecular formula is C15H27NO. The minimum absolute atomic E-state index is 0.147. The maximum absolute atomic E-state index is 5.75. The quantitative estimate of drug-likeness (QED) is 0.594. The molecule has 2 nitrogen and oxygen atoms in total. The Hall–Kier alpha value is -0.920. The Balaban J connectivity index is 3.25. The fraction of sp³-hybridized carbons (Fsp3) is 0.733. The van der Waals surface area contributed by atoms with Crippen LogP contribution in [0.1, 0.15) is 41.5 Å². The molecule has 1 heterocycles. The molecule has 17 heavy (non-hydrogen) atoms. The maximum Gasteiger partial charge on any atom is 0.182 e. The second-order valence-corrected chi connectivity index (χ2v) is 7.00. The Labute approximate surface area is 106 Å². The van der Waals surface area contributed by atoms with Gasteiger partial charge in [0.15, 0.2) is 5.88 Å². The average molecular weight is 237 g/mol. The zero-order chi connectivity index (χ0) is 13.4. The smallest absolute Gasteiger partial charge is 0.182 e. The van der Waals surface area contributed by atoms with Gasteiger partial charge in [-0.05, 0) is 28.6 Å². The summed E-state index contributed by atoms with van der Waals surface area (Å²) in [6.45, 7) is 19.1. The summed E-state index contributed by atoms with van der Waals surface area (Å²) in [4.78, 5) is 2.10. The van der Waals surface area contributed by atoms with Crippen LogP contribution in [0.5, 0.6) is 0 Å². The lowest BCUT2D eigenvalue weighted by atomic mass is 9.75. The van der Waals surface area contributed by atoms with Gasteiger partial charge in [0.05, 0.1) is 0 Å². The van der Waals surface area contributed by atoms with Crippen LogP contribution in [0.2, 0.25) is 0 Å². The van der Waals surface area contributed by atoms with Gasteiger partial charge in [-0.15, -0.1) is 0 Å². The molecule has 0 aromatic rings. The Kier molecular flexibility index (Phi) is 3.66. The van der Waals surface area contributed by atoms with Crippen LogP contribution in [0.25, 0.3) is 0 Å². The maximum atomic E-state index is 5.75. The molecule has 1 aliphatic heterocycles. The molecule has 0 N–H and O–H groups in total. The van der Waals surface area contributed by atoms with Crippen molar-refractivity contribution >= 4 is 0 Å². The van der Waals surface area contributed by atoms with Crippen molar-refractivity contribution in [2.45, 2.75) is 41.5 Å². The van der Waals surface area contributed by atoms with Crippen molar-refractivity contribution < 1.29 is 4.74 Å². The number of ether oxygens (including phenoxy) is 1. The molecule has 0 saturated heterocycles. The lowest BCUT2D eigenvalue weighted by molar-refractivity contribution is 0.153.